The van der Waals surface area contributed by atoms with Gasteiger partial charge in [-0.25, -0.2) is 8.78 Å². The molecule has 2 N–H and O–H groups in total. The van der Waals surface area contributed by atoms with E-state index in [0.29, 0.717) is 24.9 Å². The third-order valence-corrected chi connectivity index (χ3v) is 5.71. The van der Waals surface area contributed by atoms with Crippen molar-refractivity contribution in [1.29, 1.82) is 0 Å². The molecule has 1 atom stereocenters. The lowest BCUT2D eigenvalue weighted by molar-refractivity contribution is -0.161. The number of hydrogen-bond donors (Lipinski definition) is 1. The lowest BCUT2D eigenvalue weighted by atomic mass is 9.85. The predicted molar refractivity (Wildman–Crippen MR) is 125 cm³/mol. The predicted octanol–water partition coefficient (Wildman–Crippen LogP) is 5.42. The van der Waals surface area contributed by atoms with E-state index < -0.39 is 22.8 Å². The van der Waals surface area contributed by atoms with Gasteiger partial charge in [-0.05, 0) is 42.1 Å². The Morgan fingerprint density at radius 3 is 2.24 bits per heavy atom. The van der Waals surface area contributed by atoms with Crippen LogP contribution in [-0.2, 0) is 20.7 Å². The Bertz CT molecular complexity index is 1050. The van der Waals surface area contributed by atoms with Crippen molar-refractivity contribution in [2.24, 2.45) is 16.3 Å². The molecule has 5 nitrogen and oxygen atoms in total. The van der Waals surface area contributed by atoms with Crippen LogP contribution in [0.1, 0.15) is 71.1 Å². The summed E-state index contributed by atoms with van der Waals surface area (Å²) in [6.45, 7) is 12.0. The van der Waals surface area contributed by atoms with Crippen LogP contribution >= 0.6 is 0 Å². The van der Waals surface area contributed by atoms with Gasteiger partial charge in [-0.3, -0.25) is 4.79 Å². The largest absolute Gasteiger partial charge is 0.443 e. The van der Waals surface area contributed by atoms with Gasteiger partial charge in [-0.15, -0.1) is 5.10 Å². The molecule has 178 valence electrons. The second kappa shape index (κ2) is 8.86. The van der Waals surface area contributed by atoms with Gasteiger partial charge >= 0.3 is 0 Å². The Labute approximate surface area is 194 Å². The van der Waals surface area contributed by atoms with E-state index in [1.807, 2.05) is 24.3 Å². The second-order valence-corrected chi connectivity index (χ2v) is 10.5. The zero-order valence-corrected chi connectivity index (χ0v) is 20.2. The summed E-state index contributed by atoms with van der Waals surface area (Å²) in [6, 6.07) is 10.9. The van der Waals surface area contributed by atoms with Gasteiger partial charge in [0.25, 0.3) is 5.91 Å². The number of hydrogen-bond acceptors (Lipinski definition) is 4. The summed E-state index contributed by atoms with van der Waals surface area (Å²) in [5.41, 5.74) is 5.31. The normalized spacial score (nSPS) is 18.8. The lowest BCUT2D eigenvalue weighted by Gasteiger charge is -2.38. The van der Waals surface area contributed by atoms with Crippen LogP contribution in [0, 0.1) is 17.0 Å². The highest BCUT2D eigenvalue weighted by atomic mass is 19.1. The Balaban J connectivity index is 2.19. The fourth-order valence-corrected chi connectivity index (χ4v) is 3.75. The van der Waals surface area contributed by atoms with Crippen LogP contribution in [0.4, 0.5) is 8.78 Å². The van der Waals surface area contributed by atoms with E-state index in [2.05, 4.69) is 25.9 Å². The molecule has 0 aromatic heterocycles. The molecular formula is C26H33F2N3O2. The fraction of sp³-hybridized carbons (Fsp3) is 0.462. The summed E-state index contributed by atoms with van der Waals surface area (Å²) in [5.74, 6) is -1.75. The first-order chi connectivity index (χ1) is 15.3. The second-order valence-electron chi connectivity index (χ2n) is 10.5. The number of halogens is 2. The van der Waals surface area contributed by atoms with E-state index in [0.717, 1.165) is 23.8 Å². The number of ether oxygens (including phenoxy) is 1. The first kappa shape index (κ1) is 24.8. The number of hydrazone groups is 1. The SMILES string of the molecule is CC(C)(C)C(=O)N1N=C(c2cc(F)ccc2F)OC1(CCCN)c1ccc(C(C)(C)C)cc1. The van der Waals surface area contributed by atoms with Crippen LogP contribution in [0.5, 0.6) is 0 Å². The molecular weight excluding hydrogens is 424 g/mol. The minimum absolute atomic E-state index is 0.0627. The van der Waals surface area contributed by atoms with Crippen molar-refractivity contribution in [3.8, 4) is 0 Å². The van der Waals surface area contributed by atoms with Gasteiger partial charge in [0.2, 0.25) is 11.6 Å². The quantitative estimate of drug-likeness (QED) is 0.652. The zero-order valence-electron chi connectivity index (χ0n) is 20.2. The minimum Gasteiger partial charge on any atom is -0.443 e. The summed E-state index contributed by atoms with van der Waals surface area (Å²) in [6.07, 6.45) is 0.869. The zero-order chi connectivity index (χ0) is 24.6. The molecule has 0 bridgehead atoms. The molecule has 0 aliphatic carbocycles. The standard InChI is InChI=1S/C26H33F2N3O2/c1-24(2,3)17-8-10-18(11-9-17)26(14-7-15-29)31(23(32)25(4,5)6)30-22(33-26)20-16-19(27)12-13-21(20)28/h8-13,16H,7,14-15,29H2,1-6H3. The molecule has 1 aliphatic rings. The molecule has 1 aliphatic heterocycles. The molecule has 1 amide bonds. The summed E-state index contributed by atoms with van der Waals surface area (Å²) in [7, 11) is 0. The van der Waals surface area contributed by atoms with Crippen molar-refractivity contribution in [1.82, 2.24) is 5.01 Å². The molecule has 0 saturated carbocycles. The number of nitrogens with zero attached hydrogens (tertiary/aromatic N) is 2. The van der Waals surface area contributed by atoms with Crippen molar-refractivity contribution in [3.63, 3.8) is 0 Å². The fourth-order valence-electron chi connectivity index (χ4n) is 3.75. The van der Waals surface area contributed by atoms with Crippen molar-refractivity contribution in [3.05, 3.63) is 70.8 Å². The van der Waals surface area contributed by atoms with Crippen LogP contribution in [0.2, 0.25) is 0 Å². The van der Waals surface area contributed by atoms with E-state index in [1.54, 1.807) is 20.8 Å². The van der Waals surface area contributed by atoms with Gasteiger partial charge in [0.15, 0.2) is 0 Å². The molecule has 0 saturated heterocycles. The number of nitrogens with two attached hydrogens (primary N) is 1. The molecule has 3 rings (SSSR count). The first-order valence-electron chi connectivity index (χ1n) is 11.2. The maximum atomic E-state index is 14.6. The van der Waals surface area contributed by atoms with Gasteiger partial charge in [0.05, 0.1) is 5.56 Å². The van der Waals surface area contributed by atoms with Gasteiger partial charge < -0.3 is 10.5 Å². The summed E-state index contributed by atoms with van der Waals surface area (Å²) in [5, 5.41) is 5.70. The van der Waals surface area contributed by atoms with Crippen LogP contribution in [0.3, 0.4) is 0 Å². The van der Waals surface area contributed by atoms with Crippen LogP contribution < -0.4 is 5.73 Å². The highest BCUT2D eigenvalue weighted by molar-refractivity contribution is 5.97. The first-order valence-corrected chi connectivity index (χ1v) is 11.2. The Morgan fingerprint density at radius 2 is 1.70 bits per heavy atom. The van der Waals surface area contributed by atoms with Crippen molar-refractivity contribution in [2.45, 2.75) is 65.5 Å². The number of benzene rings is 2. The smallest absolute Gasteiger partial charge is 0.251 e. The molecule has 2 aromatic rings. The summed E-state index contributed by atoms with van der Waals surface area (Å²) < 4.78 is 34.9. The average Bonchev–Trinajstić information content (AvgIpc) is 3.12. The molecule has 33 heavy (non-hydrogen) atoms. The summed E-state index contributed by atoms with van der Waals surface area (Å²) >= 11 is 0. The van der Waals surface area contributed by atoms with E-state index in [1.165, 1.54) is 5.01 Å². The maximum absolute atomic E-state index is 14.6. The number of rotatable bonds is 5. The molecule has 1 unspecified atom stereocenters. The maximum Gasteiger partial charge on any atom is 0.251 e. The Morgan fingerprint density at radius 1 is 1.06 bits per heavy atom. The molecule has 0 radical (unpaired) electrons. The molecule has 2 aromatic carbocycles. The number of carbonyl (C=O) groups excluding carboxylic acids is 1. The number of carbonyl (C=O) groups is 1. The topological polar surface area (TPSA) is 67.9 Å². The number of amides is 1. The molecule has 1 heterocycles. The minimum atomic E-state index is -1.33. The van der Waals surface area contributed by atoms with Crippen molar-refractivity contribution in [2.75, 3.05) is 6.54 Å². The molecule has 0 spiro atoms. The van der Waals surface area contributed by atoms with Crippen LogP contribution in [-0.4, -0.2) is 23.4 Å². The third-order valence-electron chi connectivity index (χ3n) is 5.71. The highest BCUT2D eigenvalue weighted by Crippen LogP contribution is 2.43. The molecule has 7 heteroatoms. The van der Waals surface area contributed by atoms with Crippen LogP contribution in [0.15, 0.2) is 47.6 Å². The van der Waals surface area contributed by atoms with Gasteiger partial charge in [-0.2, -0.15) is 5.01 Å². The van der Waals surface area contributed by atoms with Crippen molar-refractivity contribution < 1.29 is 18.3 Å². The van der Waals surface area contributed by atoms with Crippen molar-refractivity contribution >= 4 is 11.8 Å². The Hall–Kier alpha value is -2.80. The monoisotopic (exact) mass is 457 g/mol. The van der Waals surface area contributed by atoms with E-state index in [4.69, 9.17) is 10.5 Å². The Kier molecular flexibility index (Phi) is 6.67. The highest BCUT2D eigenvalue weighted by Gasteiger charge is 2.52. The van der Waals surface area contributed by atoms with Gasteiger partial charge in [0.1, 0.15) is 11.6 Å². The van der Waals surface area contributed by atoms with Gasteiger partial charge in [0, 0.05) is 17.4 Å². The summed E-state index contributed by atoms with van der Waals surface area (Å²) in [4.78, 5) is 13.5. The third kappa shape index (κ3) is 4.93. The lowest BCUT2D eigenvalue weighted by Crippen LogP contribution is -2.49. The average molecular weight is 458 g/mol. The van der Waals surface area contributed by atoms with E-state index in [9.17, 15) is 13.6 Å². The molecule has 0 fully saturated rings. The van der Waals surface area contributed by atoms with Crippen LogP contribution in [0.25, 0.3) is 0 Å². The van der Waals surface area contributed by atoms with Gasteiger partial charge in [-0.1, -0.05) is 65.8 Å². The van der Waals surface area contributed by atoms with E-state index >= 15 is 0 Å². The van der Waals surface area contributed by atoms with E-state index in [-0.39, 0.29) is 22.8 Å².